The summed E-state index contributed by atoms with van der Waals surface area (Å²) >= 11 is 0. The molecule has 0 atom stereocenters. The highest BCUT2D eigenvalue weighted by Gasteiger charge is 2.20. The molecule has 0 radical (unpaired) electrons. The Labute approximate surface area is 104 Å². The zero-order valence-corrected chi connectivity index (χ0v) is 10.7. The number of benzene rings is 1. The Morgan fingerprint density at radius 1 is 1.35 bits per heavy atom. The lowest BCUT2D eigenvalue weighted by molar-refractivity contribution is 0.200. The van der Waals surface area contributed by atoms with E-state index in [9.17, 15) is 0 Å². The van der Waals surface area contributed by atoms with E-state index < -0.39 is 0 Å². The molecule has 1 N–H and O–H groups in total. The smallest absolute Gasteiger partial charge is 0.0419 e. The van der Waals surface area contributed by atoms with Crippen LogP contribution in [0.4, 0.5) is 5.69 Å². The molecule has 0 aromatic heterocycles. The number of nitrogens with zero attached hydrogens (tertiary/aromatic N) is 1. The normalized spacial score (nSPS) is 18.9. The third kappa shape index (κ3) is 2.32. The maximum absolute atomic E-state index is 3.53. The van der Waals surface area contributed by atoms with Gasteiger partial charge in [0.25, 0.3) is 0 Å². The molecule has 0 spiro atoms. The fourth-order valence-corrected chi connectivity index (χ4v) is 3.01. The van der Waals surface area contributed by atoms with Gasteiger partial charge >= 0.3 is 0 Å². The average Bonchev–Trinajstić information content (AvgIpc) is 2.73. The van der Waals surface area contributed by atoms with Gasteiger partial charge in [0.05, 0.1) is 0 Å². The Balaban J connectivity index is 1.65. The van der Waals surface area contributed by atoms with Crippen molar-refractivity contribution < 1.29 is 0 Å². The van der Waals surface area contributed by atoms with Crippen molar-refractivity contribution in [2.75, 3.05) is 25.5 Å². The van der Waals surface area contributed by atoms with Crippen molar-refractivity contribution in [3.05, 3.63) is 29.3 Å². The quantitative estimate of drug-likeness (QED) is 0.855. The number of hydrogen-bond acceptors (Lipinski definition) is 2. The van der Waals surface area contributed by atoms with Gasteiger partial charge in [0, 0.05) is 25.3 Å². The summed E-state index contributed by atoms with van der Waals surface area (Å²) in [5, 5.41) is 3.53. The molecule has 1 aromatic rings. The highest BCUT2D eigenvalue weighted by atomic mass is 15.1. The van der Waals surface area contributed by atoms with Crippen LogP contribution in [0.3, 0.4) is 0 Å². The van der Waals surface area contributed by atoms with Crippen LogP contribution in [0.15, 0.2) is 18.2 Å². The van der Waals surface area contributed by atoms with Crippen molar-refractivity contribution in [2.24, 2.45) is 5.92 Å². The van der Waals surface area contributed by atoms with E-state index in [0.717, 1.165) is 19.0 Å². The Morgan fingerprint density at radius 2 is 2.24 bits per heavy atom. The van der Waals surface area contributed by atoms with Crippen LogP contribution in [0, 0.1) is 5.92 Å². The second kappa shape index (κ2) is 4.69. The van der Waals surface area contributed by atoms with Crippen LogP contribution in [-0.4, -0.2) is 25.0 Å². The molecule has 0 amide bonds. The summed E-state index contributed by atoms with van der Waals surface area (Å²) in [5.41, 5.74) is 4.38. The topological polar surface area (TPSA) is 15.3 Å². The van der Waals surface area contributed by atoms with E-state index in [0.29, 0.717) is 0 Å². The minimum Gasteiger partial charge on any atom is -0.384 e. The summed E-state index contributed by atoms with van der Waals surface area (Å²) in [6, 6.07) is 6.73. The lowest BCUT2D eigenvalue weighted by Crippen LogP contribution is -2.29. The van der Waals surface area contributed by atoms with Crippen LogP contribution in [0.1, 0.15) is 30.4 Å². The highest BCUT2D eigenvalue weighted by Crippen LogP contribution is 2.29. The van der Waals surface area contributed by atoms with Crippen LogP contribution in [0.25, 0.3) is 0 Å². The molecular formula is C15H22N2. The largest absolute Gasteiger partial charge is 0.384 e. The predicted molar refractivity (Wildman–Crippen MR) is 72.3 cm³/mol. The summed E-state index contributed by atoms with van der Waals surface area (Å²) < 4.78 is 0. The molecule has 0 saturated heterocycles. The van der Waals surface area contributed by atoms with Crippen LogP contribution >= 0.6 is 0 Å². The zero-order chi connectivity index (χ0) is 11.7. The van der Waals surface area contributed by atoms with Crippen LogP contribution in [-0.2, 0) is 13.0 Å². The van der Waals surface area contributed by atoms with Gasteiger partial charge in [-0.3, -0.25) is 0 Å². The van der Waals surface area contributed by atoms with E-state index in [-0.39, 0.29) is 0 Å². The first kappa shape index (κ1) is 11.1. The van der Waals surface area contributed by atoms with Gasteiger partial charge in [0.2, 0.25) is 0 Å². The Hall–Kier alpha value is -1.02. The van der Waals surface area contributed by atoms with Gasteiger partial charge in [0.1, 0.15) is 0 Å². The number of anilines is 1. The molecule has 17 heavy (non-hydrogen) atoms. The molecule has 1 aliphatic carbocycles. The molecule has 0 bridgehead atoms. The molecule has 1 fully saturated rings. The Morgan fingerprint density at radius 3 is 3.00 bits per heavy atom. The van der Waals surface area contributed by atoms with E-state index in [1.807, 2.05) is 0 Å². The molecule has 1 heterocycles. The van der Waals surface area contributed by atoms with Crippen molar-refractivity contribution >= 4 is 5.69 Å². The standard InChI is InChI=1S/C15H22N2/c1-17(10-12-4-2-5-12)11-14-7-3-6-13-8-9-16-15(13)14/h3,6-7,12,16H,2,4-5,8-11H2,1H3. The molecular weight excluding hydrogens is 208 g/mol. The second-order valence-corrected chi connectivity index (χ2v) is 5.62. The average molecular weight is 230 g/mol. The van der Waals surface area contributed by atoms with Gasteiger partial charge in [-0.1, -0.05) is 24.6 Å². The second-order valence-electron chi connectivity index (χ2n) is 5.62. The van der Waals surface area contributed by atoms with Gasteiger partial charge in [-0.15, -0.1) is 0 Å². The Bertz CT molecular complexity index is 396. The number of para-hydroxylation sites is 1. The molecule has 3 rings (SSSR count). The van der Waals surface area contributed by atoms with Gasteiger partial charge in [-0.2, -0.15) is 0 Å². The van der Waals surface area contributed by atoms with Crippen molar-refractivity contribution in [1.82, 2.24) is 4.90 Å². The molecule has 2 heteroatoms. The van der Waals surface area contributed by atoms with Gasteiger partial charge in [-0.25, -0.2) is 0 Å². The lowest BCUT2D eigenvalue weighted by Gasteiger charge is -2.30. The third-order valence-corrected chi connectivity index (χ3v) is 4.17. The summed E-state index contributed by atoms with van der Waals surface area (Å²) in [6.45, 7) is 3.47. The van der Waals surface area contributed by atoms with Crippen molar-refractivity contribution in [1.29, 1.82) is 0 Å². The third-order valence-electron chi connectivity index (χ3n) is 4.17. The van der Waals surface area contributed by atoms with Crippen LogP contribution < -0.4 is 5.32 Å². The van der Waals surface area contributed by atoms with Gasteiger partial charge < -0.3 is 10.2 Å². The fraction of sp³-hybridized carbons (Fsp3) is 0.600. The maximum atomic E-state index is 3.53. The summed E-state index contributed by atoms with van der Waals surface area (Å²) in [7, 11) is 2.26. The first-order valence-corrected chi connectivity index (χ1v) is 6.86. The van der Waals surface area contributed by atoms with Gasteiger partial charge in [-0.05, 0) is 43.4 Å². The molecule has 1 aliphatic heterocycles. The molecule has 1 aromatic carbocycles. The minimum absolute atomic E-state index is 0.963. The monoisotopic (exact) mass is 230 g/mol. The molecule has 2 aliphatic rings. The number of nitrogens with one attached hydrogen (secondary N) is 1. The van der Waals surface area contributed by atoms with E-state index >= 15 is 0 Å². The number of fused-ring (bicyclic) bond motifs is 1. The van der Waals surface area contributed by atoms with E-state index in [1.54, 1.807) is 0 Å². The van der Waals surface area contributed by atoms with Gasteiger partial charge in [0.15, 0.2) is 0 Å². The molecule has 92 valence electrons. The van der Waals surface area contributed by atoms with Crippen LogP contribution in [0.2, 0.25) is 0 Å². The maximum Gasteiger partial charge on any atom is 0.0419 e. The summed E-state index contributed by atoms with van der Waals surface area (Å²) in [6.07, 6.45) is 5.52. The number of rotatable bonds is 4. The molecule has 2 nitrogen and oxygen atoms in total. The summed E-state index contributed by atoms with van der Waals surface area (Å²) in [4.78, 5) is 2.49. The highest BCUT2D eigenvalue weighted by molar-refractivity contribution is 5.61. The van der Waals surface area contributed by atoms with E-state index in [1.165, 1.54) is 49.0 Å². The first-order chi connectivity index (χ1) is 8.33. The van der Waals surface area contributed by atoms with Crippen molar-refractivity contribution in [3.8, 4) is 0 Å². The minimum atomic E-state index is 0.963. The zero-order valence-electron chi connectivity index (χ0n) is 10.7. The SMILES string of the molecule is CN(Cc1cccc2c1NCC2)CC1CCC1. The van der Waals surface area contributed by atoms with Crippen molar-refractivity contribution in [2.45, 2.75) is 32.2 Å². The lowest BCUT2D eigenvalue weighted by atomic mass is 9.85. The van der Waals surface area contributed by atoms with Crippen LogP contribution in [0.5, 0.6) is 0 Å². The fourth-order valence-electron chi connectivity index (χ4n) is 3.01. The molecule has 0 unspecified atom stereocenters. The Kier molecular flexibility index (Phi) is 3.06. The van der Waals surface area contributed by atoms with Crippen molar-refractivity contribution in [3.63, 3.8) is 0 Å². The van der Waals surface area contributed by atoms with E-state index in [2.05, 4.69) is 35.5 Å². The summed E-state index contributed by atoms with van der Waals surface area (Å²) in [5.74, 6) is 0.963. The predicted octanol–water partition coefficient (Wildman–Crippen LogP) is 2.89. The van der Waals surface area contributed by atoms with E-state index in [4.69, 9.17) is 0 Å². The first-order valence-electron chi connectivity index (χ1n) is 6.86. The molecule has 1 saturated carbocycles. The number of hydrogen-bond donors (Lipinski definition) is 1.